The molecule has 0 spiro atoms. The van der Waals surface area contributed by atoms with Crippen LogP contribution in [0.4, 0.5) is 30.7 Å². The molecule has 0 radical (unpaired) electrons. The predicted octanol–water partition coefficient (Wildman–Crippen LogP) is 3.58. The predicted molar refractivity (Wildman–Crippen MR) is 62.3 cm³/mol. The van der Waals surface area contributed by atoms with Crippen LogP contribution in [0.15, 0.2) is 18.2 Å². The minimum absolute atomic E-state index is 0. The lowest BCUT2D eigenvalue weighted by Gasteiger charge is -2.20. The molecule has 21 heavy (non-hydrogen) atoms. The Labute approximate surface area is 121 Å². The summed E-state index contributed by atoms with van der Waals surface area (Å²) in [7, 11) is 0. The van der Waals surface area contributed by atoms with Gasteiger partial charge in [0.25, 0.3) is 0 Å². The van der Waals surface area contributed by atoms with Crippen LogP contribution < -0.4 is 5.73 Å². The third kappa shape index (κ3) is 5.33. The highest BCUT2D eigenvalue weighted by Gasteiger charge is 2.39. The fourth-order valence-electron chi connectivity index (χ4n) is 1.48. The second kappa shape index (κ2) is 6.80. The van der Waals surface area contributed by atoms with Gasteiger partial charge < -0.3 is 10.8 Å². The van der Waals surface area contributed by atoms with Crippen molar-refractivity contribution < 1.29 is 35.8 Å². The number of nitrogens with two attached hydrogens (primary N) is 1. The van der Waals surface area contributed by atoms with E-state index >= 15 is 0 Å². The van der Waals surface area contributed by atoms with Gasteiger partial charge in [-0.15, -0.1) is 12.4 Å². The standard InChI is InChI=1S/C11H10F7NO.ClH/c12-7-2-1-5(3-6(7)10(13,14)15)8(20)4-9(19)11(16,17)18;/h1-3,8-9,20H,4,19H2;1H/t8-,9+;/m0./s1. The third-order valence-corrected chi connectivity index (χ3v) is 2.58. The van der Waals surface area contributed by atoms with Crippen molar-refractivity contribution in [3.8, 4) is 0 Å². The summed E-state index contributed by atoms with van der Waals surface area (Å²) in [5, 5.41) is 9.47. The molecule has 0 aliphatic carbocycles. The quantitative estimate of drug-likeness (QED) is 0.826. The van der Waals surface area contributed by atoms with E-state index in [1.807, 2.05) is 0 Å². The highest BCUT2D eigenvalue weighted by Crippen LogP contribution is 2.34. The van der Waals surface area contributed by atoms with Crippen molar-refractivity contribution in [3.05, 3.63) is 35.1 Å². The summed E-state index contributed by atoms with van der Waals surface area (Å²) < 4.78 is 86.8. The lowest BCUT2D eigenvalue weighted by Crippen LogP contribution is -2.38. The Bertz CT molecular complexity index is 475. The third-order valence-electron chi connectivity index (χ3n) is 2.58. The molecule has 1 aromatic carbocycles. The zero-order chi connectivity index (χ0) is 15.7. The van der Waals surface area contributed by atoms with Gasteiger partial charge >= 0.3 is 12.4 Å². The number of rotatable bonds is 3. The molecule has 122 valence electrons. The van der Waals surface area contributed by atoms with Crippen LogP contribution in [-0.2, 0) is 6.18 Å². The van der Waals surface area contributed by atoms with Gasteiger partial charge in [0.05, 0.1) is 11.7 Å². The Morgan fingerprint density at radius 2 is 1.62 bits per heavy atom. The first kappa shape index (κ1) is 19.9. The zero-order valence-electron chi connectivity index (χ0n) is 10.2. The van der Waals surface area contributed by atoms with Crippen LogP contribution in [-0.4, -0.2) is 17.3 Å². The van der Waals surface area contributed by atoms with Gasteiger partial charge in [-0.05, 0) is 17.7 Å². The van der Waals surface area contributed by atoms with Crippen molar-refractivity contribution in [1.29, 1.82) is 0 Å². The Morgan fingerprint density at radius 1 is 1.10 bits per heavy atom. The molecule has 3 N–H and O–H groups in total. The van der Waals surface area contributed by atoms with Crippen molar-refractivity contribution in [3.63, 3.8) is 0 Å². The average Bonchev–Trinajstić information content (AvgIpc) is 2.26. The minimum Gasteiger partial charge on any atom is -0.388 e. The maximum Gasteiger partial charge on any atom is 0.419 e. The lowest BCUT2D eigenvalue weighted by molar-refractivity contribution is -0.154. The van der Waals surface area contributed by atoms with Crippen LogP contribution >= 0.6 is 12.4 Å². The topological polar surface area (TPSA) is 46.2 Å². The molecule has 10 heteroatoms. The summed E-state index contributed by atoms with van der Waals surface area (Å²) in [5.74, 6) is -1.58. The van der Waals surface area contributed by atoms with Crippen molar-refractivity contribution in [2.45, 2.75) is 30.9 Å². The first-order chi connectivity index (χ1) is 8.93. The van der Waals surface area contributed by atoms with Crippen molar-refractivity contribution >= 4 is 12.4 Å². The SMILES string of the molecule is Cl.N[C@H](C[C@H](O)c1ccc(F)c(C(F)(F)F)c1)C(F)(F)F. The summed E-state index contributed by atoms with van der Waals surface area (Å²) in [5.41, 5.74) is 2.62. The Kier molecular flexibility index (Phi) is 6.46. The number of aliphatic hydroxyl groups is 1. The molecule has 0 bridgehead atoms. The van der Waals surface area contributed by atoms with Gasteiger partial charge in [-0.2, -0.15) is 26.3 Å². The van der Waals surface area contributed by atoms with Gasteiger partial charge in [-0.1, -0.05) is 6.07 Å². The second-order valence-electron chi connectivity index (χ2n) is 4.14. The van der Waals surface area contributed by atoms with Gasteiger partial charge in [-0.25, -0.2) is 4.39 Å². The fraction of sp³-hybridized carbons (Fsp3) is 0.455. The molecule has 0 fully saturated rings. The maximum absolute atomic E-state index is 13.0. The van der Waals surface area contributed by atoms with Gasteiger partial charge in [0.15, 0.2) is 0 Å². The molecule has 0 heterocycles. The highest BCUT2D eigenvalue weighted by atomic mass is 35.5. The summed E-state index contributed by atoms with van der Waals surface area (Å²) >= 11 is 0. The molecule has 0 aliphatic heterocycles. The molecule has 2 nitrogen and oxygen atoms in total. The van der Waals surface area contributed by atoms with Crippen LogP contribution in [0, 0.1) is 5.82 Å². The van der Waals surface area contributed by atoms with E-state index in [1.165, 1.54) is 0 Å². The zero-order valence-corrected chi connectivity index (χ0v) is 11.0. The van der Waals surface area contributed by atoms with Gasteiger partial charge in [0, 0.05) is 6.42 Å². The van der Waals surface area contributed by atoms with E-state index in [2.05, 4.69) is 0 Å². The molecular formula is C11H11ClF7NO. The van der Waals surface area contributed by atoms with Gasteiger partial charge in [0.1, 0.15) is 11.9 Å². The molecule has 0 saturated carbocycles. The molecule has 0 amide bonds. The summed E-state index contributed by atoms with van der Waals surface area (Å²) in [4.78, 5) is 0. The van der Waals surface area contributed by atoms with Crippen LogP contribution in [0.1, 0.15) is 23.7 Å². The number of halogens is 8. The largest absolute Gasteiger partial charge is 0.419 e. The Balaban J connectivity index is 0.00000400. The average molecular weight is 342 g/mol. The number of hydrogen-bond donors (Lipinski definition) is 2. The van der Waals surface area contributed by atoms with Crippen molar-refractivity contribution in [2.24, 2.45) is 5.73 Å². The van der Waals surface area contributed by atoms with E-state index in [-0.39, 0.29) is 18.5 Å². The lowest BCUT2D eigenvalue weighted by atomic mass is 10.00. The van der Waals surface area contributed by atoms with Crippen molar-refractivity contribution in [2.75, 3.05) is 0 Å². The van der Waals surface area contributed by atoms with Gasteiger partial charge in [-0.3, -0.25) is 0 Å². The second-order valence-corrected chi connectivity index (χ2v) is 4.14. The van der Waals surface area contributed by atoms with E-state index in [1.54, 1.807) is 0 Å². The molecule has 1 aromatic rings. The fourth-order valence-corrected chi connectivity index (χ4v) is 1.48. The molecular weight excluding hydrogens is 331 g/mol. The smallest absolute Gasteiger partial charge is 0.388 e. The highest BCUT2D eigenvalue weighted by molar-refractivity contribution is 5.85. The summed E-state index contributed by atoms with van der Waals surface area (Å²) in [6, 6.07) is -0.918. The van der Waals surface area contributed by atoms with Crippen LogP contribution in [0.3, 0.4) is 0 Å². The number of hydrogen-bond acceptors (Lipinski definition) is 2. The van der Waals surface area contributed by atoms with Crippen molar-refractivity contribution in [1.82, 2.24) is 0 Å². The van der Waals surface area contributed by atoms with E-state index in [9.17, 15) is 35.8 Å². The monoisotopic (exact) mass is 341 g/mol. The number of aliphatic hydroxyl groups excluding tert-OH is 1. The van der Waals surface area contributed by atoms with E-state index in [0.717, 1.165) is 6.07 Å². The minimum atomic E-state index is -5.01. The Hall–Kier alpha value is -1.06. The molecule has 1 rings (SSSR count). The Morgan fingerprint density at radius 3 is 2.05 bits per heavy atom. The normalized spacial score (nSPS) is 15.3. The van der Waals surface area contributed by atoms with Gasteiger partial charge in [0.2, 0.25) is 0 Å². The number of alkyl halides is 6. The molecule has 0 unspecified atom stereocenters. The summed E-state index contributed by atoms with van der Waals surface area (Å²) in [6.45, 7) is 0. The number of benzene rings is 1. The van der Waals surface area contributed by atoms with E-state index in [0.29, 0.717) is 6.07 Å². The van der Waals surface area contributed by atoms with Crippen LogP contribution in [0.25, 0.3) is 0 Å². The first-order valence-electron chi connectivity index (χ1n) is 5.30. The van der Waals surface area contributed by atoms with Crippen LogP contribution in [0.2, 0.25) is 0 Å². The van der Waals surface area contributed by atoms with E-state index in [4.69, 9.17) is 5.73 Å². The van der Waals surface area contributed by atoms with E-state index < -0.39 is 47.9 Å². The first-order valence-corrected chi connectivity index (χ1v) is 5.30. The maximum atomic E-state index is 13.0. The molecule has 0 saturated heterocycles. The molecule has 0 aliphatic rings. The molecule has 2 atom stereocenters. The molecule has 0 aromatic heterocycles. The summed E-state index contributed by atoms with van der Waals surface area (Å²) in [6.07, 6.45) is -12.7. The van der Waals surface area contributed by atoms with Crippen LogP contribution in [0.5, 0.6) is 0 Å².